The summed E-state index contributed by atoms with van der Waals surface area (Å²) >= 11 is 14.2. The van der Waals surface area contributed by atoms with Gasteiger partial charge in [-0.1, -0.05) is 11.6 Å². The van der Waals surface area contributed by atoms with Crippen LogP contribution in [0.25, 0.3) is 17.4 Å². The maximum absolute atomic E-state index is 13.5. The molecule has 0 spiro atoms. The van der Waals surface area contributed by atoms with E-state index in [0.29, 0.717) is 15.8 Å². The molecule has 0 saturated carbocycles. The minimum absolute atomic E-state index is 0.0963. The number of benzene rings is 2. The van der Waals surface area contributed by atoms with Gasteiger partial charge in [0.1, 0.15) is 22.9 Å². The van der Waals surface area contributed by atoms with Gasteiger partial charge in [0.25, 0.3) is 17.5 Å². The molecule has 0 atom stereocenters. The summed E-state index contributed by atoms with van der Waals surface area (Å²) in [6.45, 7) is 0. The van der Waals surface area contributed by atoms with E-state index in [0.717, 1.165) is 11.0 Å². The van der Waals surface area contributed by atoms with Crippen LogP contribution in [-0.4, -0.2) is 21.9 Å². The number of thiocarbonyl (C=S) groups is 1. The zero-order chi connectivity index (χ0) is 23.9. The summed E-state index contributed by atoms with van der Waals surface area (Å²) in [6.07, 6.45) is 1.24. The van der Waals surface area contributed by atoms with E-state index in [-0.39, 0.29) is 32.8 Å². The molecule has 0 bridgehead atoms. The molecule has 1 aliphatic heterocycles. The number of carbonyl (C=O) groups is 2. The molecule has 2 amide bonds. The number of hydrogen-bond acceptors (Lipinski definition) is 6. The molecule has 8 nitrogen and oxygen atoms in total. The van der Waals surface area contributed by atoms with Gasteiger partial charge in [-0.15, -0.1) is 0 Å². The highest BCUT2D eigenvalue weighted by Gasteiger charge is 2.35. The number of nitrogens with zero attached hydrogens (tertiary/aromatic N) is 2. The number of halogens is 3. The van der Waals surface area contributed by atoms with E-state index in [1.807, 2.05) is 0 Å². The van der Waals surface area contributed by atoms with Crippen molar-refractivity contribution in [2.45, 2.75) is 0 Å². The molecule has 1 aliphatic rings. The molecule has 2 aromatic carbocycles. The molecule has 0 unspecified atom stereocenters. The normalized spacial score (nSPS) is 15.2. The van der Waals surface area contributed by atoms with Gasteiger partial charge in [0.05, 0.1) is 15.6 Å². The minimum atomic E-state index is -0.749. The van der Waals surface area contributed by atoms with Crippen LogP contribution in [0.15, 0.2) is 63.0 Å². The van der Waals surface area contributed by atoms with Crippen molar-refractivity contribution < 1.29 is 23.3 Å². The van der Waals surface area contributed by atoms with Crippen LogP contribution in [0.1, 0.15) is 5.76 Å². The summed E-state index contributed by atoms with van der Waals surface area (Å²) in [7, 11) is 0. The van der Waals surface area contributed by atoms with Crippen molar-refractivity contribution in [3.8, 4) is 11.3 Å². The first-order chi connectivity index (χ1) is 15.7. The third kappa shape index (κ3) is 4.42. The maximum Gasteiger partial charge on any atom is 0.270 e. The van der Waals surface area contributed by atoms with Gasteiger partial charge in [-0.25, -0.2) is 4.39 Å². The summed E-state index contributed by atoms with van der Waals surface area (Å²) in [5, 5.41) is 12.9. The van der Waals surface area contributed by atoms with E-state index < -0.39 is 22.6 Å². The van der Waals surface area contributed by atoms with Gasteiger partial charge in [-0.05, 0) is 70.6 Å². The molecule has 1 fully saturated rings. The number of amides is 2. The smallest absolute Gasteiger partial charge is 0.270 e. The van der Waals surface area contributed by atoms with Crippen LogP contribution < -0.4 is 10.2 Å². The molecule has 12 heteroatoms. The number of nitro groups is 1. The van der Waals surface area contributed by atoms with Crippen LogP contribution in [0.3, 0.4) is 0 Å². The fourth-order valence-electron chi connectivity index (χ4n) is 3.05. The second-order valence-electron chi connectivity index (χ2n) is 6.68. The third-order valence-electron chi connectivity index (χ3n) is 4.61. The highest BCUT2D eigenvalue weighted by Crippen LogP contribution is 2.33. The molecule has 1 N–H and O–H groups in total. The van der Waals surface area contributed by atoms with Gasteiger partial charge < -0.3 is 4.42 Å². The van der Waals surface area contributed by atoms with Gasteiger partial charge >= 0.3 is 0 Å². The lowest BCUT2D eigenvalue weighted by Gasteiger charge is -2.28. The summed E-state index contributed by atoms with van der Waals surface area (Å²) in [4.78, 5) is 36.9. The zero-order valence-electron chi connectivity index (χ0n) is 16.2. The summed E-state index contributed by atoms with van der Waals surface area (Å²) in [5.41, 5.74) is 0.347. The lowest BCUT2D eigenvalue weighted by atomic mass is 10.1. The van der Waals surface area contributed by atoms with E-state index in [9.17, 15) is 24.1 Å². The van der Waals surface area contributed by atoms with Gasteiger partial charge in [0.15, 0.2) is 5.11 Å². The Hall–Kier alpha value is -3.41. The number of nitrogens with one attached hydrogen (secondary N) is 1. The lowest BCUT2D eigenvalue weighted by molar-refractivity contribution is -0.384. The van der Waals surface area contributed by atoms with Crippen LogP contribution in [0.2, 0.25) is 5.02 Å². The Morgan fingerprint density at radius 2 is 1.94 bits per heavy atom. The topological polar surface area (TPSA) is 106 Å². The van der Waals surface area contributed by atoms with Crippen molar-refractivity contribution in [2.75, 3.05) is 4.90 Å². The maximum atomic E-state index is 13.5. The Kier molecular flexibility index (Phi) is 6.11. The number of nitro benzene ring substituents is 1. The predicted molar refractivity (Wildman–Crippen MR) is 126 cm³/mol. The first-order valence-corrected chi connectivity index (χ1v) is 10.6. The zero-order valence-corrected chi connectivity index (χ0v) is 19.3. The number of rotatable bonds is 4. The van der Waals surface area contributed by atoms with E-state index in [4.69, 9.17) is 28.2 Å². The molecule has 4 rings (SSSR count). The third-order valence-corrected chi connectivity index (χ3v) is 5.84. The summed E-state index contributed by atoms with van der Waals surface area (Å²) < 4.78 is 19.7. The number of furan rings is 1. The number of hydrogen-bond donors (Lipinski definition) is 1. The van der Waals surface area contributed by atoms with Crippen LogP contribution in [0.5, 0.6) is 0 Å². The van der Waals surface area contributed by atoms with Crippen LogP contribution in [-0.2, 0) is 9.59 Å². The van der Waals surface area contributed by atoms with Crippen LogP contribution >= 0.6 is 39.7 Å². The standard InChI is InChI=1S/C21H10BrClFN3O5S/c22-15-7-11(27(30)31)1-4-13(15)18-6-3-12(32-18)9-14-19(28)25-21(33)26(20(14)29)10-2-5-17(24)16(23)8-10/h1-9H,(H,25,28,33)/b14-9-. The Balaban J connectivity index is 1.67. The second-order valence-corrected chi connectivity index (χ2v) is 8.33. The molecule has 2 heterocycles. The Bertz CT molecular complexity index is 1390. The van der Waals surface area contributed by atoms with Gasteiger partial charge in [-0.2, -0.15) is 0 Å². The van der Waals surface area contributed by atoms with E-state index >= 15 is 0 Å². The molecule has 0 aliphatic carbocycles. The van der Waals surface area contributed by atoms with Gasteiger partial charge in [-0.3, -0.25) is 29.9 Å². The number of carbonyl (C=O) groups excluding carboxylic acids is 2. The van der Waals surface area contributed by atoms with Gasteiger partial charge in [0, 0.05) is 22.2 Å². The Morgan fingerprint density at radius 1 is 1.18 bits per heavy atom. The molecule has 0 radical (unpaired) electrons. The quantitative estimate of drug-likeness (QED) is 0.157. The van der Waals surface area contributed by atoms with Crippen molar-refractivity contribution in [1.82, 2.24) is 5.32 Å². The van der Waals surface area contributed by atoms with Crippen molar-refractivity contribution >= 4 is 74.1 Å². The molecular weight excluding hydrogens is 541 g/mol. The lowest BCUT2D eigenvalue weighted by Crippen LogP contribution is -2.54. The fourth-order valence-corrected chi connectivity index (χ4v) is 4.07. The molecule has 3 aromatic rings. The highest BCUT2D eigenvalue weighted by molar-refractivity contribution is 9.10. The van der Waals surface area contributed by atoms with E-state index in [1.54, 1.807) is 6.07 Å². The Morgan fingerprint density at radius 3 is 2.61 bits per heavy atom. The first kappa shape index (κ1) is 22.8. The predicted octanol–water partition coefficient (Wildman–Crippen LogP) is 5.24. The summed E-state index contributed by atoms with van der Waals surface area (Å²) in [6, 6.07) is 10.9. The fraction of sp³-hybridized carbons (Fsp3) is 0. The molecule has 166 valence electrons. The average molecular weight is 551 g/mol. The molecular formula is C21H10BrClFN3O5S. The van der Waals surface area contributed by atoms with Gasteiger partial charge in [0.2, 0.25) is 0 Å². The Labute approximate surface area is 203 Å². The molecule has 1 saturated heterocycles. The number of anilines is 1. The second kappa shape index (κ2) is 8.85. The average Bonchev–Trinajstić information content (AvgIpc) is 3.21. The SMILES string of the molecule is O=C1NC(=S)N(c2ccc(F)c(Cl)c2)C(=O)/C1=C\c1ccc(-c2ccc([N+](=O)[O-])cc2Br)o1. The van der Waals surface area contributed by atoms with Crippen molar-refractivity contribution in [3.63, 3.8) is 0 Å². The molecule has 1 aromatic heterocycles. The monoisotopic (exact) mass is 549 g/mol. The van der Waals surface area contributed by atoms with E-state index in [2.05, 4.69) is 21.2 Å². The largest absolute Gasteiger partial charge is 0.457 e. The molecule has 33 heavy (non-hydrogen) atoms. The van der Waals surface area contributed by atoms with Crippen molar-refractivity contribution in [3.05, 3.63) is 85.3 Å². The first-order valence-electron chi connectivity index (χ1n) is 9.06. The highest BCUT2D eigenvalue weighted by atomic mass is 79.9. The van der Waals surface area contributed by atoms with E-state index in [1.165, 1.54) is 42.5 Å². The van der Waals surface area contributed by atoms with Crippen LogP contribution in [0.4, 0.5) is 15.8 Å². The van der Waals surface area contributed by atoms with Crippen molar-refractivity contribution in [2.24, 2.45) is 0 Å². The van der Waals surface area contributed by atoms with Crippen molar-refractivity contribution in [1.29, 1.82) is 0 Å². The summed E-state index contributed by atoms with van der Waals surface area (Å²) in [5.74, 6) is -1.62. The minimum Gasteiger partial charge on any atom is -0.457 e. The number of non-ortho nitro benzene ring substituents is 1. The van der Waals surface area contributed by atoms with Crippen LogP contribution in [0, 0.1) is 15.9 Å².